The van der Waals surface area contributed by atoms with Gasteiger partial charge in [0.05, 0.1) is 16.4 Å². The van der Waals surface area contributed by atoms with Crippen molar-refractivity contribution in [1.82, 2.24) is 9.58 Å². The van der Waals surface area contributed by atoms with Crippen LogP contribution in [0, 0.1) is 13.8 Å². The van der Waals surface area contributed by atoms with Crippen LogP contribution in [-0.4, -0.2) is 28.7 Å². The molecule has 0 bridgehead atoms. The Labute approximate surface area is 130 Å². The molecule has 0 aliphatic carbocycles. The molecule has 0 spiro atoms. The molecule has 0 aliphatic heterocycles. The average Bonchev–Trinajstić information content (AvgIpc) is 2.94. The molecule has 2 rings (SSSR count). The molecule has 0 unspecified atom stereocenters. The van der Waals surface area contributed by atoms with Gasteiger partial charge in [0.1, 0.15) is 0 Å². The zero-order chi connectivity index (χ0) is 15.4. The number of rotatable bonds is 7. The molecule has 114 valence electrons. The fraction of sp³-hybridized carbons (Fsp3) is 0.500. The lowest BCUT2D eigenvalue weighted by atomic mass is 10.2. The summed E-state index contributed by atoms with van der Waals surface area (Å²) in [6, 6.07) is 2.20. The molecule has 1 amide bonds. The maximum Gasteiger partial charge on any atom is 0.229 e. The van der Waals surface area contributed by atoms with Gasteiger partial charge in [-0.25, -0.2) is 5.01 Å². The number of aryl methyl sites for hydroxylation is 2. The maximum atomic E-state index is 11.1. The first kappa shape index (κ1) is 15.8. The molecule has 4 nitrogen and oxygen atoms in total. The van der Waals surface area contributed by atoms with Crippen molar-refractivity contribution in [1.29, 1.82) is 0 Å². The second-order valence-electron chi connectivity index (χ2n) is 5.35. The molecular formula is C16H23N3OS. The molecular weight excluding hydrogens is 282 g/mol. The third-order valence-electron chi connectivity index (χ3n) is 3.78. The highest BCUT2D eigenvalue weighted by Crippen LogP contribution is 2.31. The van der Waals surface area contributed by atoms with E-state index >= 15 is 0 Å². The first-order valence-electron chi connectivity index (χ1n) is 7.39. The molecule has 5 heteroatoms. The first-order valence-corrected chi connectivity index (χ1v) is 8.21. The number of aromatic nitrogens is 1. The highest BCUT2D eigenvalue weighted by Gasteiger charge is 2.13. The van der Waals surface area contributed by atoms with Gasteiger partial charge >= 0.3 is 0 Å². The van der Waals surface area contributed by atoms with Gasteiger partial charge < -0.3 is 4.57 Å². The van der Waals surface area contributed by atoms with Gasteiger partial charge in [0.25, 0.3) is 0 Å². The molecule has 0 radical (unpaired) electrons. The minimum absolute atomic E-state index is 0.687. The third kappa shape index (κ3) is 3.35. The van der Waals surface area contributed by atoms with Gasteiger partial charge in [0.2, 0.25) is 6.41 Å². The van der Waals surface area contributed by atoms with Crippen LogP contribution in [0.5, 0.6) is 0 Å². The van der Waals surface area contributed by atoms with Crippen molar-refractivity contribution in [2.24, 2.45) is 12.1 Å². The number of hydrogen-bond donors (Lipinski definition) is 0. The molecule has 2 aromatic rings. The van der Waals surface area contributed by atoms with E-state index in [4.69, 9.17) is 0 Å². The number of fused-ring (bicyclic) bond motifs is 1. The zero-order valence-corrected chi connectivity index (χ0v) is 14.0. The van der Waals surface area contributed by atoms with Gasteiger partial charge in [-0.1, -0.05) is 19.8 Å². The lowest BCUT2D eigenvalue weighted by Crippen LogP contribution is -2.16. The monoisotopic (exact) mass is 305 g/mol. The molecule has 0 atom stereocenters. The Morgan fingerprint density at radius 3 is 2.81 bits per heavy atom. The largest absolute Gasteiger partial charge is 0.347 e. The van der Waals surface area contributed by atoms with E-state index in [-0.39, 0.29) is 0 Å². The number of unbranched alkanes of at least 4 members (excludes halogenated alkanes) is 2. The molecule has 0 fully saturated rings. The number of thiophene rings is 1. The van der Waals surface area contributed by atoms with E-state index in [1.807, 2.05) is 6.21 Å². The summed E-state index contributed by atoms with van der Waals surface area (Å²) in [6.07, 6.45) is 5.89. The summed E-state index contributed by atoms with van der Waals surface area (Å²) < 4.78 is 3.43. The van der Waals surface area contributed by atoms with E-state index in [0.717, 1.165) is 31.2 Å². The number of carbonyl (C=O) groups excluding carboxylic acids is 1. The maximum absolute atomic E-state index is 11.1. The molecule has 0 aliphatic rings. The van der Waals surface area contributed by atoms with Crippen LogP contribution in [0.4, 0.5) is 0 Å². The van der Waals surface area contributed by atoms with Crippen molar-refractivity contribution in [3.63, 3.8) is 0 Å². The van der Waals surface area contributed by atoms with Gasteiger partial charge in [-0.2, -0.15) is 5.10 Å². The van der Waals surface area contributed by atoms with E-state index in [0.29, 0.717) is 6.54 Å². The second-order valence-corrected chi connectivity index (χ2v) is 6.61. The van der Waals surface area contributed by atoms with E-state index in [1.165, 1.54) is 25.8 Å². The van der Waals surface area contributed by atoms with Gasteiger partial charge in [-0.3, -0.25) is 4.79 Å². The van der Waals surface area contributed by atoms with Crippen LogP contribution in [0.2, 0.25) is 0 Å². The fourth-order valence-corrected chi connectivity index (χ4v) is 3.52. The van der Waals surface area contributed by atoms with Crippen LogP contribution in [0.25, 0.3) is 10.2 Å². The number of nitrogens with zero attached hydrogens (tertiary/aromatic N) is 3. The minimum Gasteiger partial charge on any atom is -0.347 e. The van der Waals surface area contributed by atoms with Gasteiger partial charge in [0, 0.05) is 29.7 Å². The van der Waals surface area contributed by atoms with Gasteiger partial charge in [-0.05, 0) is 26.3 Å². The standard InChI is InChI=1S/C16H23N3OS/c1-5-6-7-8-19(11-20)17-10-14-13(3)18(4)15-9-12(2)21-16(14)15/h9-11H,5-8H2,1-4H3/b17-10-. The minimum atomic E-state index is 0.687. The molecule has 21 heavy (non-hydrogen) atoms. The Hall–Kier alpha value is -1.62. The Morgan fingerprint density at radius 2 is 2.14 bits per heavy atom. The Bertz CT molecular complexity index is 654. The predicted molar refractivity (Wildman–Crippen MR) is 90.2 cm³/mol. The summed E-state index contributed by atoms with van der Waals surface area (Å²) in [5.41, 5.74) is 3.53. The Balaban J connectivity index is 2.23. The summed E-state index contributed by atoms with van der Waals surface area (Å²) in [5.74, 6) is 0. The molecule has 2 aromatic heterocycles. The van der Waals surface area contributed by atoms with Crippen LogP contribution >= 0.6 is 11.3 Å². The Morgan fingerprint density at radius 1 is 1.38 bits per heavy atom. The zero-order valence-electron chi connectivity index (χ0n) is 13.2. The fourth-order valence-electron chi connectivity index (χ4n) is 2.41. The van der Waals surface area contributed by atoms with E-state index in [9.17, 15) is 4.79 Å². The number of amides is 1. The number of hydrazone groups is 1. The lowest BCUT2D eigenvalue weighted by Gasteiger charge is -2.09. The smallest absolute Gasteiger partial charge is 0.229 e. The molecule has 0 N–H and O–H groups in total. The second kappa shape index (κ2) is 6.89. The van der Waals surface area contributed by atoms with E-state index in [2.05, 4.69) is 43.6 Å². The number of carbonyl (C=O) groups is 1. The molecule has 0 saturated carbocycles. The lowest BCUT2D eigenvalue weighted by molar-refractivity contribution is -0.118. The number of hydrogen-bond acceptors (Lipinski definition) is 3. The van der Waals surface area contributed by atoms with E-state index in [1.54, 1.807) is 11.3 Å². The van der Waals surface area contributed by atoms with Crippen LogP contribution < -0.4 is 0 Å². The van der Waals surface area contributed by atoms with Gasteiger partial charge in [0.15, 0.2) is 0 Å². The van der Waals surface area contributed by atoms with Crippen molar-refractivity contribution in [2.75, 3.05) is 6.54 Å². The topological polar surface area (TPSA) is 37.6 Å². The molecule has 0 saturated heterocycles. The van der Waals surface area contributed by atoms with Crippen LogP contribution in [0.15, 0.2) is 11.2 Å². The molecule has 0 aromatic carbocycles. The van der Waals surface area contributed by atoms with Gasteiger partial charge in [-0.15, -0.1) is 11.3 Å². The highest BCUT2D eigenvalue weighted by atomic mass is 32.1. The predicted octanol–water partition coefficient (Wildman–Crippen LogP) is 3.84. The average molecular weight is 305 g/mol. The van der Waals surface area contributed by atoms with Crippen LogP contribution in [-0.2, 0) is 11.8 Å². The quantitative estimate of drug-likeness (QED) is 0.331. The van der Waals surface area contributed by atoms with Crippen molar-refractivity contribution in [3.8, 4) is 0 Å². The Kier molecular flexibility index (Phi) is 5.17. The summed E-state index contributed by atoms with van der Waals surface area (Å²) >= 11 is 1.78. The highest BCUT2D eigenvalue weighted by molar-refractivity contribution is 7.19. The summed E-state index contributed by atoms with van der Waals surface area (Å²) in [7, 11) is 2.07. The van der Waals surface area contributed by atoms with E-state index < -0.39 is 0 Å². The van der Waals surface area contributed by atoms with Crippen LogP contribution in [0.1, 0.15) is 42.3 Å². The normalized spacial score (nSPS) is 11.6. The summed E-state index contributed by atoms with van der Waals surface area (Å²) in [4.78, 5) is 12.4. The summed E-state index contributed by atoms with van der Waals surface area (Å²) in [5, 5.41) is 5.85. The third-order valence-corrected chi connectivity index (χ3v) is 4.86. The van der Waals surface area contributed by atoms with Crippen molar-refractivity contribution in [2.45, 2.75) is 40.0 Å². The molecule has 2 heterocycles. The SMILES string of the molecule is CCCCCN(C=O)/N=C\c1c(C)n(C)c2cc(C)sc12. The summed E-state index contributed by atoms with van der Waals surface area (Å²) in [6.45, 7) is 7.04. The van der Waals surface area contributed by atoms with Crippen molar-refractivity contribution < 1.29 is 4.79 Å². The van der Waals surface area contributed by atoms with Crippen molar-refractivity contribution >= 4 is 34.2 Å². The van der Waals surface area contributed by atoms with Crippen molar-refractivity contribution in [3.05, 3.63) is 22.2 Å². The van der Waals surface area contributed by atoms with Crippen LogP contribution in [0.3, 0.4) is 0 Å². The first-order chi connectivity index (χ1) is 10.1.